The van der Waals surface area contributed by atoms with Gasteiger partial charge in [-0.2, -0.15) is 0 Å². The Hall–Kier alpha value is -0.770. The van der Waals surface area contributed by atoms with E-state index in [-0.39, 0.29) is 5.38 Å². The molecule has 1 heterocycles. The van der Waals surface area contributed by atoms with E-state index in [0.717, 1.165) is 0 Å². The average Bonchev–Trinajstić information content (AvgIpc) is 2.66. The highest BCUT2D eigenvalue weighted by Crippen LogP contribution is 2.30. The summed E-state index contributed by atoms with van der Waals surface area (Å²) in [5, 5.41) is 8.38. The minimum Gasteiger partial charge on any atom is -0.419 e. The summed E-state index contributed by atoms with van der Waals surface area (Å²) in [4.78, 5) is 0. The lowest BCUT2D eigenvalue weighted by Crippen LogP contribution is -1.81. The molecule has 16 heavy (non-hydrogen) atoms. The van der Waals surface area contributed by atoms with Gasteiger partial charge < -0.3 is 4.42 Å². The van der Waals surface area contributed by atoms with Crippen molar-refractivity contribution in [1.29, 1.82) is 0 Å². The molecule has 2 aromatic rings. The summed E-state index contributed by atoms with van der Waals surface area (Å²) in [6.07, 6.45) is 0. The number of hydrogen-bond donors (Lipinski definition) is 0. The molecule has 0 aliphatic heterocycles. The number of alkyl halides is 1. The van der Waals surface area contributed by atoms with Gasteiger partial charge in [-0.1, -0.05) is 23.2 Å². The van der Waals surface area contributed by atoms with E-state index >= 15 is 0 Å². The van der Waals surface area contributed by atoms with Crippen LogP contribution in [0.25, 0.3) is 11.5 Å². The molecule has 1 aromatic carbocycles. The molecule has 0 radical (unpaired) electrons. The summed E-state index contributed by atoms with van der Waals surface area (Å²) in [5.74, 6) is 0.701. The maximum Gasteiger partial charge on any atom is 0.249 e. The monoisotopic (exact) mass is 276 g/mol. The van der Waals surface area contributed by atoms with Crippen molar-refractivity contribution in [2.75, 3.05) is 0 Å². The zero-order valence-electron chi connectivity index (χ0n) is 8.25. The van der Waals surface area contributed by atoms with Crippen molar-refractivity contribution in [2.24, 2.45) is 0 Å². The molecule has 3 nitrogen and oxygen atoms in total. The first kappa shape index (κ1) is 11.7. The lowest BCUT2D eigenvalue weighted by Gasteiger charge is -1.99. The quantitative estimate of drug-likeness (QED) is 0.766. The first-order valence-corrected chi connectivity index (χ1v) is 5.70. The average molecular weight is 278 g/mol. The second-order valence-corrected chi connectivity index (χ2v) is 4.68. The van der Waals surface area contributed by atoms with Crippen LogP contribution in [-0.2, 0) is 0 Å². The minimum absolute atomic E-state index is 0.327. The van der Waals surface area contributed by atoms with Crippen LogP contribution in [0.2, 0.25) is 10.0 Å². The minimum atomic E-state index is -0.327. The number of hydrogen-bond acceptors (Lipinski definition) is 3. The molecule has 0 spiro atoms. The molecule has 0 N–H and O–H groups in total. The van der Waals surface area contributed by atoms with Crippen molar-refractivity contribution in [1.82, 2.24) is 10.2 Å². The zero-order chi connectivity index (χ0) is 11.7. The second kappa shape index (κ2) is 4.62. The Morgan fingerprint density at radius 2 is 2.00 bits per heavy atom. The van der Waals surface area contributed by atoms with E-state index in [1.165, 1.54) is 0 Å². The summed E-state index contributed by atoms with van der Waals surface area (Å²) < 4.78 is 5.37. The van der Waals surface area contributed by atoms with Crippen LogP contribution in [0.15, 0.2) is 22.6 Å². The molecular formula is C10H7Cl3N2O. The van der Waals surface area contributed by atoms with Crippen LogP contribution < -0.4 is 0 Å². The molecule has 1 aromatic heterocycles. The SMILES string of the molecule is C[C@H](Cl)c1nnc(-c2ccc(Cl)cc2Cl)o1. The van der Waals surface area contributed by atoms with E-state index in [4.69, 9.17) is 39.2 Å². The van der Waals surface area contributed by atoms with Crippen LogP contribution in [0.4, 0.5) is 0 Å². The highest BCUT2D eigenvalue weighted by molar-refractivity contribution is 6.36. The van der Waals surface area contributed by atoms with Crippen LogP contribution >= 0.6 is 34.8 Å². The number of benzene rings is 1. The van der Waals surface area contributed by atoms with Crippen molar-refractivity contribution >= 4 is 34.8 Å². The Labute approximate surface area is 107 Å². The van der Waals surface area contributed by atoms with Crippen LogP contribution in [0.1, 0.15) is 18.2 Å². The van der Waals surface area contributed by atoms with Crippen LogP contribution in [0.3, 0.4) is 0 Å². The Kier molecular flexibility index (Phi) is 3.38. The van der Waals surface area contributed by atoms with Gasteiger partial charge in [0.25, 0.3) is 0 Å². The molecule has 0 amide bonds. The van der Waals surface area contributed by atoms with Crippen molar-refractivity contribution in [3.8, 4) is 11.5 Å². The lowest BCUT2D eigenvalue weighted by molar-refractivity contribution is 0.507. The third-order valence-electron chi connectivity index (χ3n) is 1.94. The topological polar surface area (TPSA) is 38.9 Å². The summed E-state index contributed by atoms with van der Waals surface area (Å²) >= 11 is 17.6. The largest absolute Gasteiger partial charge is 0.419 e. The Balaban J connectivity index is 2.42. The van der Waals surface area contributed by atoms with Crippen molar-refractivity contribution in [3.63, 3.8) is 0 Å². The van der Waals surface area contributed by atoms with Crippen LogP contribution in [0, 0.1) is 0 Å². The summed E-state index contributed by atoms with van der Waals surface area (Å²) in [6.45, 7) is 1.75. The van der Waals surface area contributed by atoms with Gasteiger partial charge in [-0.3, -0.25) is 0 Å². The predicted octanol–water partition coefficient (Wildman–Crippen LogP) is 4.34. The molecule has 0 bridgehead atoms. The van der Waals surface area contributed by atoms with Gasteiger partial charge in [0, 0.05) is 5.02 Å². The zero-order valence-corrected chi connectivity index (χ0v) is 10.5. The predicted molar refractivity (Wildman–Crippen MR) is 64.0 cm³/mol. The maximum atomic E-state index is 6.01. The van der Waals surface area contributed by atoms with Gasteiger partial charge >= 0.3 is 0 Å². The molecule has 0 fully saturated rings. The van der Waals surface area contributed by atoms with E-state index in [2.05, 4.69) is 10.2 Å². The van der Waals surface area contributed by atoms with Gasteiger partial charge in [-0.15, -0.1) is 21.8 Å². The molecule has 0 unspecified atom stereocenters. The molecule has 84 valence electrons. The molecular weight excluding hydrogens is 270 g/mol. The molecule has 0 aliphatic rings. The molecule has 2 rings (SSSR count). The van der Waals surface area contributed by atoms with Crippen molar-refractivity contribution in [3.05, 3.63) is 34.1 Å². The smallest absolute Gasteiger partial charge is 0.249 e. The molecule has 1 atom stereocenters. The van der Waals surface area contributed by atoms with Gasteiger partial charge in [-0.25, -0.2) is 0 Å². The first-order chi connectivity index (χ1) is 7.58. The van der Waals surface area contributed by atoms with E-state index in [0.29, 0.717) is 27.4 Å². The molecule has 0 saturated heterocycles. The third-order valence-corrected chi connectivity index (χ3v) is 2.68. The molecule has 0 saturated carbocycles. The normalized spacial score (nSPS) is 12.8. The van der Waals surface area contributed by atoms with Gasteiger partial charge in [0.15, 0.2) is 0 Å². The van der Waals surface area contributed by atoms with Crippen LogP contribution in [-0.4, -0.2) is 10.2 Å². The Morgan fingerprint density at radius 3 is 2.56 bits per heavy atom. The number of aromatic nitrogens is 2. The van der Waals surface area contributed by atoms with Gasteiger partial charge in [0.1, 0.15) is 5.38 Å². The summed E-state index contributed by atoms with van der Waals surface area (Å²) in [6, 6.07) is 5.05. The standard InChI is InChI=1S/C10H7Cl3N2O/c1-5(11)9-14-15-10(16-9)7-3-2-6(12)4-8(7)13/h2-5H,1H3/t5-/m0/s1. The molecule has 6 heteroatoms. The van der Waals surface area contributed by atoms with Gasteiger partial charge in [0.2, 0.25) is 11.8 Å². The highest BCUT2D eigenvalue weighted by atomic mass is 35.5. The van der Waals surface area contributed by atoms with Gasteiger partial charge in [-0.05, 0) is 25.1 Å². The maximum absolute atomic E-state index is 6.01. The highest BCUT2D eigenvalue weighted by Gasteiger charge is 2.14. The van der Waals surface area contributed by atoms with E-state index in [9.17, 15) is 0 Å². The van der Waals surface area contributed by atoms with E-state index in [1.54, 1.807) is 25.1 Å². The van der Waals surface area contributed by atoms with Crippen molar-refractivity contribution in [2.45, 2.75) is 12.3 Å². The fraction of sp³-hybridized carbons (Fsp3) is 0.200. The lowest BCUT2D eigenvalue weighted by atomic mass is 10.2. The fourth-order valence-corrected chi connectivity index (χ4v) is 1.74. The summed E-state index contributed by atoms with van der Waals surface area (Å²) in [7, 11) is 0. The van der Waals surface area contributed by atoms with Crippen LogP contribution in [0.5, 0.6) is 0 Å². The van der Waals surface area contributed by atoms with E-state index in [1.807, 2.05) is 0 Å². The first-order valence-electron chi connectivity index (χ1n) is 4.51. The molecule has 0 aliphatic carbocycles. The van der Waals surface area contributed by atoms with E-state index < -0.39 is 0 Å². The number of rotatable bonds is 2. The fourth-order valence-electron chi connectivity index (χ4n) is 1.17. The second-order valence-electron chi connectivity index (χ2n) is 3.19. The Bertz CT molecular complexity index is 511. The van der Waals surface area contributed by atoms with Crippen molar-refractivity contribution < 1.29 is 4.42 Å². The summed E-state index contributed by atoms with van der Waals surface area (Å²) in [5.41, 5.74) is 0.641. The number of nitrogens with zero attached hydrogens (tertiary/aromatic N) is 2. The number of halogens is 3. The van der Waals surface area contributed by atoms with Gasteiger partial charge in [0.05, 0.1) is 10.6 Å². The Morgan fingerprint density at radius 1 is 1.25 bits per heavy atom. The third kappa shape index (κ3) is 2.32.